The monoisotopic (exact) mass is 295 g/mol. The highest BCUT2D eigenvalue weighted by Crippen LogP contribution is 2.22. The van der Waals surface area contributed by atoms with Gasteiger partial charge >= 0.3 is 6.61 Å². The lowest BCUT2D eigenvalue weighted by Crippen LogP contribution is -2.12. The summed E-state index contributed by atoms with van der Waals surface area (Å²) in [5.41, 5.74) is 1.56. The van der Waals surface area contributed by atoms with Gasteiger partial charge in [0.25, 0.3) is 0 Å². The summed E-state index contributed by atoms with van der Waals surface area (Å²) in [5.74, 6) is 0.138. The van der Waals surface area contributed by atoms with Crippen LogP contribution in [0.25, 0.3) is 0 Å². The van der Waals surface area contributed by atoms with Crippen molar-refractivity contribution in [3.8, 4) is 17.2 Å². The summed E-state index contributed by atoms with van der Waals surface area (Å²) in [7, 11) is 0. The topological polar surface area (TPSA) is 61.7 Å². The summed E-state index contributed by atoms with van der Waals surface area (Å²) in [6, 6.07) is 10.7. The van der Waals surface area contributed by atoms with Gasteiger partial charge < -0.3 is 20.3 Å². The van der Waals surface area contributed by atoms with E-state index >= 15 is 0 Å². The first-order valence-corrected chi connectivity index (χ1v) is 6.30. The van der Waals surface area contributed by atoms with Crippen molar-refractivity contribution in [1.82, 2.24) is 5.32 Å². The maximum absolute atomic E-state index is 12.0. The van der Waals surface area contributed by atoms with Crippen molar-refractivity contribution in [2.24, 2.45) is 0 Å². The minimum Gasteiger partial charge on any atom is -0.508 e. The van der Waals surface area contributed by atoms with Crippen molar-refractivity contribution in [1.29, 1.82) is 0 Å². The minimum absolute atomic E-state index is 0.00543. The number of benzene rings is 2. The first-order chi connectivity index (χ1) is 10.0. The van der Waals surface area contributed by atoms with Crippen LogP contribution < -0.4 is 10.1 Å². The fraction of sp³-hybridized carbons (Fsp3) is 0.200. The van der Waals surface area contributed by atoms with Gasteiger partial charge in [0.1, 0.15) is 17.2 Å². The maximum atomic E-state index is 12.0. The van der Waals surface area contributed by atoms with E-state index in [1.54, 1.807) is 18.2 Å². The highest BCUT2D eigenvalue weighted by atomic mass is 19.3. The molecule has 0 spiro atoms. The second-order valence-electron chi connectivity index (χ2n) is 4.44. The molecule has 0 atom stereocenters. The van der Waals surface area contributed by atoms with Crippen molar-refractivity contribution in [2.75, 3.05) is 0 Å². The first kappa shape index (κ1) is 15.1. The molecule has 0 aromatic heterocycles. The van der Waals surface area contributed by atoms with Gasteiger partial charge in [0.15, 0.2) is 0 Å². The Balaban J connectivity index is 1.85. The molecule has 0 radical (unpaired) electrons. The Kier molecular flexibility index (Phi) is 4.94. The minimum atomic E-state index is -2.83. The van der Waals surface area contributed by atoms with Crippen molar-refractivity contribution in [3.05, 3.63) is 53.6 Å². The lowest BCUT2D eigenvalue weighted by atomic mass is 10.1. The van der Waals surface area contributed by atoms with Crippen LogP contribution in [-0.4, -0.2) is 16.8 Å². The molecule has 2 rings (SSSR count). The molecule has 0 aliphatic carbocycles. The van der Waals surface area contributed by atoms with Crippen LogP contribution >= 0.6 is 0 Å². The van der Waals surface area contributed by atoms with E-state index < -0.39 is 6.61 Å². The number of hydrogen-bond acceptors (Lipinski definition) is 4. The Morgan fingerprint density at radius 1 is 1.00 bits per heavy atom. The van der Waals surface area contributed by atoms with Crippen LogP contribution in [0.3, 0.4) is 0 Å². The SMILES string of the molecule is Oc1ccc(CNCc2ccc(OC(F)F)cc2)c(O)c1. The van der Waals surface area contributed by atoms with Crippen molar-refractivity contribution >= 4 is 0 Å². The average molecular weight is 295 g/mol. The summed E-state index contributed by atoms with van der Waals surface area (Å²) in [4.78, 5) is 0. The van der Waals surface area contributed by atoms with Gasteiger partial charge in [0, 0.05) is 24.7 Å². The Morgan fingerprint density at radius 2 is 1.71 bits per heavy atom. The van der Waals surface area contributed by atoms with Crippen LogP contribution in [0.2, 0.25) is 0 Å². The van der Waals surface area contributed by atoms with E-state index in [1.807, 2.05) is 0 Å². The molecular formula is C15H15F2NO3. The number of hydrogen-bond donors (Lipinski definition) is 3. The standard InChI is InChI=1S/C15H15F2NO3/c16-15(17)21-13-5-1-10(2-6-13)8-18-9-11-3-4-12(19)7-14(11)20/h1-7,15,18-20H,8-9H2. The van der Waals surface area contributed by atoms with Gasteiger partial charge in [-0.1, -0.05) is 18.2 Å². The first-order valence-electron chi connectivity index (χ1n) is 6.30. The predicted octanol–water partition coefficient (Wildman–Crippen LogP) is 2.99. The van der Waals surface area contributed by atoms with Gasteiger partial charge in [-0.15, -0.1) is 0 Å². The summed E-state index contributed by atoms with van der Waals surface area (Å²) in [6.45, 7) is -1.90. The number of nitrogens with one attached hydrogen (secondary N) is 1. The van der Waals surface area contributed by atoms with Crippen LogP contribution in [0.5, 0.6) is 17.2 Å². The zero-order valence-corrected chi connectivity index (χ0v) is 11.1. The highest BCUT2D eigenvalue weighted by molar-refractivity contribution is 5.38. The quantitative estimate of drug-likeness (QED) is 0.766. The van der Waals surface area contributed by atoms with E-state index in [1.165, 1.54) is 24.3 Å². The Morgan fingerprint density at radius 3 is 2.33 bits per heavy atom. The molecular weight excluding hydrogens is 280 g/mol. The molecule has 0 aliphatic rings. The molecule has 112 valence electrons. The number of alkyl halides is 2. The Hall–Kier alpha value is -2.34. The second kappa shape index (κ2) is 6.90. The molecule has 21 heavy (non-hydrogen) atoms. The Bertz CT molecular complexity index is 588. The second-order valence-corrected chi connectivity index (χ2v) is 4.44. The summed E-state index contributed by atoms with van der Waals surface area (Å²) in [6.07, 6.45) is 0. The van der Waals surface area contributed by atoms with E-state index in [0.29, 0.717) is 18.7 Å². The van der Waals surface area contributed by atoms with E-state index in [0.717, 1.165) is 5.56 Å². The van der Waals surface area contributed by atoms with Crippen molar-refractivity contribution in [3.63, 3.8) is 0 Å². The van der Waals surface area contributed by atoms with Gasteiger partial charge in [-0.2, -0.15) is 8.78 Å². The Labute approximate surface area is 120 Å². The highest BCUT2D eigenvalue weighted by Gasteiger charge is 2.04. The summed E-state index contributed by atoms with van der Waals surface area (Å²) in [5, 5.41) is 21.9. The van der Waals surface area contributed by atoms with Gasteiger partial charge in [-0.3, -0.25) is 0 Å². The number of rotatable bonds is 6. The molecule has 0 bridgehead atoms. The van der Waals surface area contributed by atoms with Crippen LogP contribution in [0.1, 0.15) is 11.1 Å². The van der Waals surface area contributed by atoms with Gasteiger partial charge in [0.05, 0.1) is 0 Å². The van der Waals surface area contributed by atoms with Crippen molar-refractivity contribution < 1.29 is 23.7 Å². The zero-order valence-electron chi connectivity index (χ0n) is 11.1. The molecule has 2 aromatic rings. The molecule has 3 N–H and O–H groups in total. The van der Waals surface area contributed by atoms with Crippen molar-refractivity contribution in [2.45, 2.75) is 19.7 Å². The summed E-state index contributed by atoms with van der Waals surface area (Å²) >= 11 is 0. The predicted molar refractivity (Wildman–Crippen MR) is 73.4 cm³/mol. The van der Waals surface area contributed by atoms with Crippen LogP contribution in [0.4, 0.5) is 8.78 Å². The molecule has 4 nitrogen and oxygen atoms in total. The number of ether oxygens (including phenoxy) is 1. The fourth-order valence-corrected chi connectivity index (χ4v) is 1.83. The molecule has 0 saturated carbocycles. The van der Waals surface area contributed by atoms with E-state index in [9.17, 15) is 19.0 Å². The van der Waals surface area contributed by atoms with Gasteiger partial charge in [-0.25, -0.2) is 0 Å². The van der Waals surface area contributed by atoms with E-state index in [-0.39, 0.29) is 17.2 Å². The lowest BCUT2D eigenvalue weighted by molar-refractivity contribution is -0.0498. The van der Waals surface area contributed by atoms with Crippen LogP contribution in [0.15, 0.2) is 42.5 Å². The lowest BCUT2D eigenvalue weighted by Gasteiger charge is -2.08. The molecule has 2 aromatic carbocycles. The zero-order chi connectivity index (χ0) is 15.2. The number of phenols is 2. The van der Waals surface area contributed by atoms with Crippen LogP contribution in [0, 0.1) is 0 Å². The summed E-state index contributed by atoms with van der Waals surface area (Å²) < 4.78 is 28.3. The number of phenolic OH excluding ortho intramolecular Hbond substituents is 2. The average Bonchev–Trinajstić information content (AvgIpc) is 2.42. The molecule has 0 heterocycles. The number of halogens is 2. The molecule has 0 aliphatic heterocycles. The van der Waals surface area contributed by atoms with Gasteiger partial charge in [0.2, 0.25) is 0 Å². The van der Waals surface area contributed by atoms with Crippen LogP contribution in [-0.2, 0) is 13.1 Å². The third-order valence-electron chi connectivity index (χ3n) is 2.86. The maximum Gasteiger partial charge on any atom is 0.387 e. The smallest absolute Gasteiger partial charge is 0.387 e. The molecule has 6 heteroatoms. The largest absolute Gasteiger partial charge is 0.508 e. The molecule has 0 fully saturated rings. The number of aromatic hydroxyl groups is 2. The fourth-order valence-electron chi connectivity index (χ4n) is 1.83. The molecule has 0 unspecified atom stereocenters. The molecule has 0 amide bonds. The third-order valence-corrected chi connectivity index (χ3v) is 2.86. The third kappa shape index (κ3) is 4.61. The molecule has 0 saturated heterocycles. The van der Waals surface area contributed by atoms with E-state index in [4.69, 9.17) is 0 Å². The van der Waals surface area contributed by atoms with Gasteiger partial charge in [-0.05, 0) is 23.8 Å². The van der Waals surface area contributed by atoms with E-state index in [2.05, 4.69) is 10.1 Å². The normalized spacial score (nSPS) is 10.8.